The van der Waals surface area contributed by atoms with Gasteiger partial charge in [-0.05, 0) is 98.7 Å². The van der Waals surface area contributed by atoms with Gasteiger partial charge in [0.05, 0.1) is 47.6 Å². The first-order chi connectivity index (χ1) is 29.3. The molecule has 5 N–H and O–H groups in total. The second kappa shape index (κ2) is 21.9. The third-order valence-corrected chi connectivity index (χ3v) is 14.1. The zero-order valence-electron chi connectivity index (χ0n) is 40.3. The van der Waals surface area contributed by atoms with Crippen LogP contribution in [-0.4, -0.2) is 172 Å². The average molecular weight is 896 g/mol. The first-order valence-corrected chi connectivity index (χ1v) is 23.0. The van der Waals surface area contributed by atoms with Crippen LogP contribution in [0.25, 0.3) is 0 Å². The van der Waals surface area contributed by atoms with Crippen LogP contribution >= 0.6 is 0 Å². The second-order valence-electron chi connectivity index (χ2n) is 19.5. The number of nitrogens with zero attached hydrogens (tertiary/aromatic N) is 3. The molecule has 3 fully saturated rings. The zero-order valence-corrected chi connectivity index (χ0v) is 40.3. The van der Waals surface area contributed by atoms with Crippen LogP contribution in [0.15, 0.2) is 30.3 Å². The largest absolute Gasteiger partial charge is 0.459 e. The molecule has 1 aromatic carbocycles. The number of para-hydroxylation sites is 1. The van der Waals surface area contributed by atoms with Crippen molar-refractivity contribution in [2.24, 2.45) is 17.8 Å². The Balaban J connectivity index is 1.82. The fraction of sp³-hybridized carbons (Fsp3) is 0.830. The van der Waals surface area contributed by atoms with Gasteiger partial charge in [0.2, 0.25) is 0 Å². The molecule has 2 amide bonds. The fourth-order valence-corrected chi connectivity index (χ4v) is 10.2. The highest BCUT2D eigenvalue weighted by atomic mass is 16.7. The zero-order chi connectivity index (χ0) is 47.4. The highest BCUT2D eigenvalue weighted by molar-refractivity contribution is 5.91. The highest BCUT2D eigenvalue weighted by Crippen LogP contribution is 2.40. The number of anilines is 1. The number of cyclic esters (lactones) is 1. The Morgan fingerprint density at radius 3 is 2.14 bits per heavy atom. The third-order valence-electron chi connectivity index (χ3n) is 14.1. The van der Waals surface area contributed by atoms with E-state index in [0.717, 1.165) is 6.42 Å². The van der Waals surface area contributed by atoms with Crippen molar-refractivity contribution < 1.29 is 63.5 Å². The summed E-state index contributed by atoms with van der Waals surface area (Å²) in [6.45, 7) is 20.5. The molecule has 4 rings (SSSR count). The van der Waals surface area contributed by atoms with Crippen LogP contribution in [0.3, 0.4) is 0 Å². The number of ether oxygens (including phenoxy) is 6. The van der Waals surface area contributed by atoms with Gasteiger partial charge in [0.25, 0.3) is 0 Å². The molecule has 10 unspecified atom stereocenters. The molecule has 16 heteroatoms. The van der Waals surface area contributed by atoms with E-state index in [-0.39, 0.29) is 31.2 Å². The Labute approximate surface area is 376 Å². The summed E-state index contributed by atoms with van der Waals surface area (Å²) in [5.41, 5.74) is -3.91. The minimum absolute atomic E-state index is 0.0873. The molecule has 18 atom stereocenters. The predicted molar refractivity (Wildman–Crippen MR) is 238 cm³/mol. The lowest BCUT2D eigenvalue weighted by molar-refractivity contribution is -0.317. The average Bonchev–Trinajstić information content (AvgIpc) is 3.24. The normalized spacial score (nSPS) is 42.7. The number of esters is 1. The number of carbonyl (C=O) groups excluding carboxylic acids is 2. The first-order valence-electron chi connectivity index (χ1n) is 23.0. The van der Waals surface area contributed by atoms with Gasteiger partial charge in [-0.2, -0.15) is 0 Å². The van der Waals surface area contributed by atoms with Crippen LogP contribution in [0.5, 0.6) is 0 Å². The molecule has 0 saturated carbocycles. The van der Waals surface area contributed by atoms with Gasteiger partial charge in [0.1, 0.15) is 30.0 Å². The number of likely N-dealkylation sites (N-methyl/N-ethyl adjacent to an activating group) is 1. The van der Waals surface area contributed by atoms with E-state index in [1.54, 1.807) is 55.6 Å². The molecule has 16 nitrogen and oxygen atoms in total. The monoisotopic (exact) mass is 896 g/mol. The number of hydrogen-bond acceptors (Lipinski definition) is 14. The predicted octanol–water partition coefficient (Wildman–Crippen LogP) is 4.31. The molecule has 3 aliphatic heterocycles. The standard InChI is InChI=1S/C47H81N3O13/c1-15-22-50-26-27(3)24-45(9,56)41(63-43-37(51)34(23-28(4)59-43)49(13)44(55)48(12)33-20-18-17-19-21-33)29(5)38(62-36-25-46(10,58-14)40(53)32(8)60-36)30(6)42(54)61-35(16-2)47(11,57)39(52)31(50)7/h17-21,27-32,34-41,43,51-53,56-57H,15-16,22-26H2,1-14H3/t27?,28-,29?,30?,31?,32+,34+,35?,36+,37-,38?,39?,40+,41?,43+,45?,46-,47?/m1/s1. The topological polar surface area (TPSA) is 200 Å². The minimum Gasteiger partial charge on any atom is -0.459 e. The van der Waals surface area contributed by atoms with Crippen molar-refractivity contribution >= 4 is 17.7 Å². The third kappa shape index (κ3) is 12.1. The number of aliphatic hydroxyl groups is 5. The lowest BCUT2D eigenvalue weighted by Gasteiger charge is -2.49. The molecule has 63 heavy (non-hydrogen) atoms. The number of methoxy groups -OCH3 is 1. The number of hydrogen-bond donors (Lipinski definition) is 5. The smallest absolute Gasteiger partial charge is 0.324 e. The summed E-state index contributed by atoms with van der Waals surface area (Å²) in [5.74, 6) is -2.87. The summed E-state index contributed by atoms with van der Waals surface area (Å²) in [5, 5.41) is 59.8. The van der Waals surface area contributed by atoms with E-state index in [0.29, 0.717) is 25.2 Å². The molecular formula is C47H81N3O13. The van der Waals surface area contributed by atoms with Gasteiger partial charge >= 0.3 is 12.0 Å². The van der Waals surface area contributed by atoms with E-state index in [1.165, 1.54) is 23.8 Å². The SMILES string of the molecule is CCCN1CC(C)CC(C)(O)C(O[C@@H]2O[C@H](C)C[C@H](N(C)C(=O)N(C)c3ccccc3)[C@H]2O)C(C)C(O[C@H]2C[C@@](C)(OC)[C@@H](O)[C@H](C)O2)C(C)C(=O)OC(CC)C(C)(O)C(O)C1C. The Hall–Kier alpha value is -2.48. The molecule has 0 aliphatic carbocycles. The molecule has 0 aromatic heterocycles. The Kier molecular flexibility index (Phi) is 18.5. The van der Waals surface area contributed by atoms with E-state index in [2.05, 4.69) is 4.90 Å². The second-order valence-corrected chi connectivity index (χ2v) is 19.5. The molecule has 0 radical (unpaired) electrons. The van der Waals surface area contributed by atoms with Crippen LogP contribution in [0.2, 0.25) is 0 Å². The Bertz CT molecular complexity index is 1600. The summed E-state index contributed by atoms with van der Waals surface area (Å²) in [7, 11) is 4.79. The molecule has 3 heterocycles. The van der Waals surface area contributed by atoms with Crippen molar-refractivity contribution in [2.75, 3.05) is 39.2 Å². The van der Waals surface area contributed by atoms with Crippen LogP contribution in [0.4, 0.5) is 10.5 Å². The van der Waals surface area contributed by atoms with Gasteiger partial charge in [-0.25, -0.2) is 4.79 Å². The molecule has 0 spiro atoms. The van der Waals surface area contributed by atoms with Crippen LogP contribution in [-0.2, 0) is 33.2 Å². The summed E-state index contributed by atoms with van der Waals surface area (Å²) >= 11 is 0. The van der Waals surface area contributed by atoms with Gasteiger partial charge in [-0.1, -0.05) is 45.9 Å². The van der Waals surface area contributed by atoms with Crippen LogP contribution < -0.4 is 4.90 Å². The van der Waals surface area contributed by atoms with Crippen molar-refractivity contribution in [3.8, 4) is 0 Å². The quantitative estimate of drug-likeness (QED) is 0.208. The molecule has 1 aromatic rings. The highest BCUT2D eigenvalue weighted by Gasteiger charge is 2.53. The van der Waals surface area contributed by atoms with Gasteiger partial charge in [0.15, 0.2) is 12.6 Å². The summed E-state index contributed by atoms with van der Waals surface area (Å²) in [6, 6.07) is 7.52. The van der Waals surface area contributed by atoms with Crippen molar-refractivity contribution in [3.05, 3.63) is 30.3 Å². The summed E-state index contributed by atoms with van der Waals surface area (Å²) in [6.07, 6.45) is -9.09. The number of carbonyl (C=O) groups is 2. The lowest BCUT2D eigenvalue weighted by atomic mass is 9.77. The molecule has 3 aliphatic rings. The lowest BCUT2D eigenvalue weighted by Crippen LogP contribution is -2.61. The van der Waals surface area contributed by atoms with Crippen molar-refractivity contribution in [1.29, 1.82) is 0 Å². The van der Waals surface area contributed by atoms with E-state index in [9.17, 15) is 35.1 Å². The first kappa shape index (κ1) is 53.1. The van der Waals surface area contributed by atoms with Gasteiger partial charge < -0.3 is 58.9 Å². The van der Waals surface area contributed by atoms with E-state index >= 15 is 0 Å². The number of urea groups is 1. The van der Waals surface area contributed by atoms with Gasteiger partial charge in [-0.15, -0.1) is 0 Å². The number of aliphatic hydroxyl groups excluding tert-OH is 3. The fourth-order valence-electron chi connectivity index (χ4n) is 10.2. The van der Waals surface area contributed by atoms with E-state index in [4.69, 9.17) is 28.4 Å². The number of rotatable bonds is 10. The van der Waals surface area contributed by atoms with Crippen LogP contribution in [0, 0.1) is 17.8 Å². The van der Waals surface area contributed by atoms with E-state index in [1.807, 2.05) is 58.0 Å². The van der Waals surface area contributed by atoms with E-state index < -0.39 is 108 Å². The van der Waals surface area contributed by atoms with Gasteiger partial charge in [0, 0.05) is 51.8 Å². The maximum Gasteiger partial charge on any atom is 0.324 e. The Morgan fingerprint density at radius 2 is 1.56 bits per heavy atom. The molecule has 362 valence electrons. The maximum absolute atomic E-state index is 14.5. The Morgan fingerprint density at radius 1 is 0.921 bits per heavy atom. The molecule has 3 saturated heterocycles. The number of benzene rings is 1. The van der Waals surface area contributed by atoms with Crippen LogP contribution in [0.1, 0.15) is 108 Å². The van der Waals surface area contributed by atoms with Crippen molar-refractivity contribution in [3.63, 3.8) is 0 Å². The minimum atomic E-state index is -1.84. The van der Waals surface area contributed by atoms with Crippen molar-refractivity contribution in [2.45, 2.75) is 199 Å². The molecular weight excluding hydrogens is 815 g/mol. The maximum atomic E-state index is 14.5. The van der Waals surface area contributed by atoms with Gasteiger partial charge in [-0.3, -0.25) is 14.6 Å². The summed E-state index contributed by atoms with van der Waals surface area (Å²) in [4.78, 5) is 33.4. The molecule has 0 bridgehead atoms. The number of amides is 2. The van der Waals surface area contributed by atoms with Crippen molar-refractivity contribution in [1.82, 2.24) is 9.80 Å². The summed E-state index contributed by atoms with van der Waals surface area (Å²) < 4.78 is 38.1.